The highest BCUT2D eigenvalue weighted by Crippen LogP contribution is 2.17. The van der Waals surface area contributed by atoms with E-state index in [9.17, 15) is 18.0 Å². The van der Waals surface area contributed by atoms with Gasteiger partial charge in [-0.25, -0.2) is 4.79 Å². The Kier molecular flexibility index (Phi) is 6.70. The number of halogens is 3. The average molecular weight is 293 g/mol. The van der Waals surface area contributed by atoms with E-state index in [1.165, 1.54) is 0 Å². The van der Waals surface area contributed by atoms with Crippen LogP contribution in [0.2, 0.25) is 0 Å². The van der Waals surface area contributed by atoms with Crippen LogP contribution in [0.4, 0.5) is 13.2 Å². The van der Waals surface area contributed by atoms with E-state index >= 15 is 0 Å². The quantitative estimate of drug-likeness (QED) is 0.789. The lowest BCUT2D eigenvalue weighted by atomic mass is 9.94. The number of alkyl halides is 3. The first kappa shape index (κ1) is 17.9. The Morgan fingerprint density at radius 2 is 1.55 bits per heavy atom. The van der Waals surface area contributed by atoms with Crippen LogP contribution in [-0.4, -0.2) is 34.4 Å². The molecule has 0 fully saturated rings. The van der Waals surface area contributed by atoms with Gasteiger partial charge in [-0.3, -0.25) is 4.79 Å². The van der Waals surface area contributed by atoms with E-state index in [0.29, 0.717) is 0 Å². The number of hydrogen-bond acceptors (Lipinski definition) is 3. The zero-order chi connectivity index (χ0) is 15.9. The van der Waals surface area contributed by atoms with E-state index in [4.69, 9.17) is 20.7 Å². The van der Waals surface area contributed by atoms with Gasteiger partial charge in [0.05, 0.1) is 0 Å². The molecule has 20 heavy (non-hydrogen) atoms. The first-order valence-corrected chi connectivity index (χ1v) is 5.40. The Hall–Kier alpha value is -2.09. The van der Waals surface area contributed by atoms with Gasteiger partial charge in [-0.2, -0.15) is 13.2 Å². The third kappa shape index (κ3) is 6.19. The smallest absolute Gasteiger partial charge is 0.480 e. The van der Waals surface area contributed by atoms with Crippen LogP contribution in [0, 0.1) is 0 Å². The SMILES string of the molecule is CC(c1ccccc1)[C@H](N)C(=O)O.O=C(O)C(F)(F)F. The first-order chi connectivity index (χ1) is 9.07. The van der Waals surface area contributed by atoms with E-state index in [0.717, 1.165) is 5.56 Å². The molecule has 2 atom stereocenters. The van der Waals surface area contributed by atoms with Crippen LogP contribution < -0.4 is 5.73 Å². The minimum Gasteiger partial charge on any atom is -0.480 e. The van der Waals surface area contributed by atoms with Gasteiger partial charge in [0.15, 0.2) is 0 Å². The molecule has 5 nitrogen and oxygen atoms in total. The fourth-order valence-electron chi connectivity index (χ4n) is 1.18. The molecule has 0 aromatic heterocycles. The minimum atomic E-state index is -5.08. The second-order valence-corrected chi connectivity index (χ2v) is 3.87. The highest BCUT2D eigenvalue weighted by molar-refractivity contribution is 5.74. The van der Waals surface area contributed by atoms with Gasteiger partial charge in [-0.05, 0) is 5.56 Å². The molecule has 8 heteroatoms. The van der Waals surface area contributed by atoms with Crippen molar-refractivity contribution in [2.24, 2.45) is 5.73 Å². The average Bonchev–Trinajstić information content (AvgIpc) is 2.37. The lowest BCUT2D eigenvalue weighted by Gasteiger charge is -2.15. The van der Waals surface area contributed by atoms with E-state index in [1.54, 1.807) is 0 Å². The Bertz CT molecular complexity index is 448. The highest BCUT2D eigenvalue weighted by atomic mass is 19.4. The summed E-state index contributed by atoms with van der Waals surface area (Å²) in [5, 5.41) is 15.8. The fraction of sp³-hybridized carbons (Fsp3) is 0.333. The maximum absolute atomic E-state index is 10.6. The third-order valence-corrected chi connectivity index (χ3v) is 2.39. The molecule has 0 aliphatic heterocycles. The summed E-state index contributed by atoms with van der Waals surface area (Å²) < 4.78 is 31.7. The minimum absolute atomic E-state index is 0.154. The molecular weight excluding hydrogens is 279 g/mol. The second kappa shape index (κ2) is 7.49. The van der Waals surface area contributed by atoms with Gasteiger partial charge in [0.1, 0.15) is 6.04 Å². The fourth-order valence-corrected chi connectivity index (χ4v) is 1.18. The maximum atomic E-state index is 10.6. The van der Waals surface area contributed by atoms with Crippen LogP contribution in [-0.2, 0) is 9.59 Å². The lowest BCUT2D eigenvalue weighted by molar-refractivity contribution is -0.192. The summed E-state index contributed by atoms with van der Waals surface area (Å²) in [4.78, 5) is 19.5. The monoisotopic (exact) mass is 293 g/mol. The Morgan fingerprint density at radius 1 is 1.15 bits per heavy atom. The summed E-state index contributed by atoms with van der Waals surface area (Å²) >= 11 is 0. The lowest BCUT2D eigenvalue weighted by Crippen LogP contribution is -2.35. The summed E-state index contributed by atoms with van der Waals surface area (Å²) in [5.74, 6) is -3.87. The van der Waals surface area contributed by atoms with Gasteiger partial charge in [0.2, 0.25) is 0 Å². The third-order valence-electron chi connectivity index (χ3n) is 2.39. The Balaban J connectivity index is 0.000000441. The number of hydrogen-bond donors (Lipinski definition) is 3. The molecule has 0 heterocycles. The van der Waals surface area contributed by atoms with Crippen molar-refractivity contribution in [3.63, 3.8) is 0 Å². The molecule has 1 aromatic carbocycles. The summed E-state index contributed by atoms with van der Waals surface area (Å²) in [5.41, 5.74) is 6.45. The van der Waals surface area contributed by atoms with Crippen molar-refractivity contribution in [3.05, 3.63) is 35.9 Å². The maximum Gasteiger partial charge on any atom is 0.490 e. The van der Waals surface area contributed by atoms with Gasteiger partial charge in [0, 0.05) is 5.92 Å². The van der Waals surface area contributed by atoms with Crippen molar-refractivity contribution >= 4 is 11.9 Å². The molecule has 4 N–H and O–H groups in total. The second-order valence-electron chi connectivity index (χ2n) is 3.87. The van der Waals surface area contributed by atoms with E-state index in [-0.39, 0.29) is 5.92 Å². The van der Waals surface area contributed by atoms with Crippen LogP contribution in [0.3, 0.4) is 0 Å². The van der Waals surface area contributed by atoms with Gasteiger partial charge in [-0.1, -0.05) is 37.3 Å². The predicted octanol–water partition coefficient (Wildman–Crippen LogP) is 1.84. The standard InChI is InChI=1S/C10H13NO2.C2HF3O2/c1-7(9(11)10(12)13)8-5-3-2-4-6-8;3-2(4,5)1(6)7/h2-7,9H,11H2,1H3,(H,12,13);(H,6,7)/t7?,9-;/m0./s1. The summed E-state index contributed by atoms with van der Waals surface area (Å²) in [7, 11) is 0. The van der Waals surface area contributed by atoms with Crippen molar-refractivity contribution < 1.29 is 33.0 Å². The number of nitrogens with two attached hydrogens (primary N) is 1. The molecule has 1 unspecified atom stereocenters. The van der Waals surface area contributed by atoms with E-state index in [2.05, 4.69) is 0 Å². The highest BCUT2D eigenvalue weighted by Gasteiger charge is 2.38. The molecule has 0 spiro atoms. The summed E-state index contributed by atoms with van der Waals surface area (Å²) in [6, 6.07) is 8.58. The first-order valence-electron chi connectivity index (χ1n) is 5.40. The van der Waals surface area contributed by atoms with Gasteiger partial charge in [0.25, 0.3) is 0 Å². The van der Waals surface area contributed by atoms with Gasteiger partial charge in [-0.15, -0.1) is 0 Å². The van der Waals surface area contributed by atoms with Crippen molar-refractivity contribution in [1.82, 2.24) is 0 Å². The van der Waals surface area contributed by atoms with Crippen LogP contribution in [0.1, 0.15) is 18.4 Å². The predicted molar refractivity (Wildman–Crippen MR) is 64.2 cm³/mol. The molecule has 0 amide bonds. The normalized spacial score (nSPS) is 13.7. The van der Waals surface area contributed by atoms with Gasteiger partial charge >= 0.3 is 18.1 Å². The van der Waals surface area contributed by atoms with E-state index in [1.807, 2.05) is 37.3 Å². The van der Waals surface area contributed by atoms with Crippen LogP contribution in [0.25, 0.3) is 0 Å². The summed E-state index contributed by atoms with van der Waals surface area (Å²) in [6.45, 7) is 1.81. The van der Waals surface area contributed by atoms with Crippen molar-refractivity contribution in [2.45, 2.75) is 25.1 Å². The zero-order valence-electron chi connectivity index (χ0n) is 10.5. The number of aliphatic carboxylic acids is 2. The molecule has 0 bridgehead atoms. The largest absolute Gasteiger partial charge is 0.490 e. The molecule has 0 aliphatic carbocycles. The molecule has 0 saturated carbocycles. The van der Waals surface area contributed by atoms with Gasteiger partial charge < -0.3 is 15.9 Å². The van der Waals surface area contributed by atoms with Crippen LogP contribution in [0.15, 0.2) is 30.3 Å². The van der Waals surface area contributed by atoms with Crippen molar-refractivity contribution in [1.29, 1.82) is 0 Å². The summed E-state index contributed by atoms with van der Waals surface area (Å²) in [6.07, 6.45) is -5.08. The molecule has 0 radical (unpaired) electrons. The van der Waals surface area contributed by atoms with Crippen LogP contribution >= 0.6 is 0 Å². The zero-order valence-corrected chi connectivity index (χ0v) is 10.5. The topological polar surface area (TPSA) is 101 Å². The number of carboxylic acid groups (broad SMARTS) is 2. The van der Waals surface area contributed by atoms with E-state index < -0.39 is 24.2 Å². The number of benzene rings is 1. The molecular formula is C12H14F3NO4. The molecule has 0 aliphatic rings. The molecule has 1 rings (SSSR count). The van der Waals surface area contributed by atoms with Crippen LogP contribution in [0.5, 0.6) is 0 Å². The molecule has 1 aromatic rings. The number of carbonyl (C=O) groups is 2. The molecule has 0 saturated heterocycles. The van der Waals surface area contributed by atoms with Crippen molar-refractivity contribution in [3.8, 4) is 0 Å². The van der Waals surface area contributed by atoms with Crippen molar-refractivity contribution in [2.75, 3.05) is 0 Å². The Labute approximate surface area is 112 Å². The Morgan fingerprint density at radius 3 is 1.85 bits per heavy atom. The number of carboxylic acids is 2. The number of rotatable bonds is 3. The molecule has 112 valence electrons.